The minimum absolute atomic E-state index is 0. The molecule has 6 heteroatoms. The Labute approximate surface area is 114 Å². The lowest BCUT2D eigenvalue weighted by atomic mass is 9.95. The van der Waals surface area contributed by atoms with Crippen LogP contribution in [0.15, 0.2) is 24.5 Å². The van der Waals surface area contributed by atoms with Gasteiger partial charge in [0.15, 0.2) is 0 Å². The summed E-state index contributed by atoms with van der Waals surface area (Å²) in [5, 5.41) is 2.15. The number of amides is 1. The zero-order valence-electron chi connectivity index (χ0n) is 11.2. The summed E-state index contributed by atoms with van der Waals surface area (Å²) in [6.45, 7) is 6.15. The molecule has 0 atom stereocenters. The van der Waals surface area contributed by atoms with Gasteiger partial charge in [-0.05, 0) is 13.0 Å². The summed E-state index contributed by atoms with van der Waals surface area (Å²) in [4.78, 5) is 11.3. The smallest absolute Gasteiger partial charge is 0.251 e. The van der Waals surface area contributed by atoms with E-state index >= 15 is 0 Å². The molecular formula is C13H18BF2NO2. The molecule has 0 aromatic heterocycles. The minimum Gasteiger partial charge on any atom is -0.501 e. The molecule has 2 radical (unpaired) electrons. The maximum atomic E-state index is 13.4. The monoisotopic (exact) mass is 269 g/mol. The molecule has 1 aromatic rings. The summed E-state index contributed by atoms with van der Waals surface area (Å²) in [5.74, 6) is -2.24. The molecule has 1 aromatic carbocycles. The third kappa shape index (κ3) is 6.04. The fourth-order valence-electron chi connectivity index (χ4n) is 1.08. The van der Waals surface area contributed by atoms with Crippen LogP contribution in [0.3, 0.4) is 0 Å². The number of rotatable bonds is 4. The lowest BCUT2D eigenvalue weighted by molar-refractivity contribution is -0.112. The van der Waals surface area contributed by atoms with Crippen LogP contribution in [0.2, 0.25) is 0 Å². The van der Waals surface area contributed by atoms with E-state index in [0.29, 0.717) is 6.61 Å². The van der Waals surface area contributed by atoms with E-state index in [2.05, 4.69) is 5.32 Å². The predicted octanol–water partition coefficient (Wildman–Crippen LogP) is 2.52. The Hall–Kier alpha value is -1.85. The van der Waals surface area contributed by atoms with Crippen molar-refractivity contribution in [3.05, 3.63) is 36.1 Å². The fourth-order valence-corrected chi connectivity index (χ4v) is 1.08. The normalized spacial score (nSPS) is 9.74. The van der Waals surface area contributed by atoms with Crippen LogP contribution < -0.4 is 10.8 Å². The third-order valence-corrected chi connectivity index (χ3v) is 1.81. The molecule has 104 valence electrons. The van der Waals surface area contributed by atoms with Gasteiger partial charge in [-0.3, -0.25) is 4.79 Å². The van der Waals surface area contributed by atoms with Crippen LogP contribution >= 0.6 is 0 Å². The van der Waals surface area contributed by atoms with E-state index in [1.165, 1.54) is 0 Å². The fraction of sp³-hybridized carbons (Fsp3) is 0.308. The summed E-state index contributed by atoms with van der Waals surface area (Å²) in [7, 11) is 5.21. The van der Waals surface area contributed by atoms with E-state index in [0.717, 1.165) is 24.5 Å². The average Bonchev–Trinajstić information content (AvgIpc) is 2.38. The number of nitrogens with one attached hydrogen (secondary N) is 1. The van der Waals surface area contributed by atoms with E-state index < -0.39 is 17.5 Å². The molecular weight excluding hydrogens is 251 g/mol. The van der Waals surface area contributed by atoms with Crippen LogP contribution in [0.4, 0.5) is 14.5 Å². The first-order valence-electron chi connectivity index (χ1n) is 5.88. The first-order chi connectivity index (χ1) is 9.04. The van der Waals surface area contributed by atoms with E-state index in [-0.39, 0.29) is 12.6 Å². The molecule has 0 heterocycles. The van der Waals surface area contributed by atoms with Gasteiger partial charge in [0.05, 0.1) is 18.6 Å². The van der Waals surface area contributed by atoms with Crippen LogP contribution in [0.1, 0.15) is 22.2 Å². The van der Waals surface area contributed by atoms with Gasteiger partial charge >= 0.3 is 0 Å². The van der Waals surface area contributed by atoms with Gasteiger partial charge in [-0.25, -0.2) is 8.78 Å². The Bertz CT molecular complexity index is 456. The van der Waals surface area contributed by atoms with Crippen molar-refractivity contribution in [1.82, 2.24) is 0 Å². The number of anilines is 1. The molecule has 1 rings (SSSR count). The van der Waals surface area contributed by atoms with Gasteiger partial charge in [0.25, 0.3) is 5.91 Å². The minimum atomic E-state index is -0.871. The van der Waals surface area contributed by atoms with E-state index in [4.69, 9.17) is 12.6 Å². The Kier molecular flexibility index (Phi) is 8.25. The van der Waals surface area contributed by atoms with Crippen molar-refractivity contribution in [2.45, 2.75) is 20.8 Å². The number of carbonyl (C=O) groups is 1. The number of hydrogen-bond acceptors (Lipinski definition) is 2. The predicted molar refractivity (Wildman–Crippen MR) is 74.6 cm³/mol. The third-order valence-electron chi connectivity index (χ3n) is 1.81. The number of carbonyl (C=O) groups excluding carboxylic acids is 1. The van der Waals surface area contributed by atoms with Crippen LogP contribution in [-0.2, 0) is 9.53 Å². The Morgan fingerprint density at radius 2 is 2.11 bits per heavy atom. The summed E-state index contributed by atoms with van der Waals surface area (Å²) < 4.78 is 31.1. The maximum Gasteiger partial charge on any atom is 0.251 e. The van der Waals surface area contributed by atoms with Gasteiger partial charge < -0.3 is 10.1 Å². The second kappa shape index (κ2) is 9.13. The van der Waals surface area contributed by atoms with Crippen molar-refractivity contribution in [1.29, 1.82) is 0 Å². The molecule has 1 amide bonds. The van der Waals surface area contributed by atoms with Crippen LogP contribution in [0.25, 0.3) is 0 Å². The van der Waals surface area contributed by atoms with Crippen LogP contribution in [0, 0.1) is 11.6 Å². The zero-order valence-corrected chi connectivity index (χ0v) is 11.2. The molecule has 0 fully saturated rings. The van der Waals surface area contributed by atoms with Crippen LogP contribution in [0.5, 0.6) is 0 Å². The Morgan fingerprint density at radius 3 is 2.68 bits per heavy atom. The summed E-state index contributed by atoms with van der Waals surface area (Å²) in [6, 6.07) is 1.68. The van der Waals surface area contributed by atoms with Gasteiger partial charge in [0, 0.05) is 13.6 Å². The maximum absolute atomic E-state index is 13.4. The molecule has 0 saturated heterocycles. The molecule has 0 unspecified atom stereocenters. The van der Waals surface area contributed by atoms with Crippen molar-refractivity contribution >= 4 is 24.9 Å². The molecule has 0 aliphatic rings. The molecule has 0 saturated carbocycles. The highest BCUT2D eigenvalue weighted by Gasteiger charge is 2.09. The lowest BCUT2D eigenvalue weighted by Crippen LogP contribution is -2.16. The Morgan fingerprint density at radius 1 is 1.47 bits per heavy atom. The van der Waals surface area contributed by atoms with Gasteiger partial charge in [0.2, 0.25) is 0 Å². The summed E-state index contributed by atoms with van der Waals surface area (Å²) in [5.41, 5.74) is -0.678. The van der Waals surface area contributed by atoms with Gasteiger partial charge in [-0.2, -0.15) is 0 Å². The van der Waals surface area contributed by atoms with Gasteiger partial charge in [-0.1, -0.05) is 19.3 Å². The van der Waals surface area contributed by atoms with E-state index in [1.807, 2.05) is 13.8 Å². The summed E-state index contributed by atoms with van der Waals surface area (Å²) >= 11 is 0. The van der Waals surface area contributed by atoms with Crippen molar-refractivity contribution in [3.8, 4) is 0 Å². The van der Waals surface area contributed by atoms with E-state index in [9.17, 15) is 13.6 Å². The molecule has 0 aliphatic carbocycles. The SMILES string of the molecule is CC.[B]c1cc(F)cc(NC(=O)/C=C/OCC)c1F.[HH]. The number of halogens is 2. The van der Waals surface area contributed by atoms with Crippen molar-refractivity contribution < 1.29 is 19.7 Å². The first kappa shape index (κ1) is 17.2. The molecule has 1 N–H and O–H groups in total. The number of hydrogen-bond donors (Lipinski definition) is 1. The quantitative estimate of drug-likeness (QED) is 0.518. The standard InChI is InChI=1S/C11H10BF2NO2.C2H6.H2/c1-2-17-4-3-10(16)15-9-6-7(13)5-8(12)11(9)14;1-2;/h3-6H,2H2,1H3,(H,15,16);1-2H3;1H/b4-3+;;. The molecule has 0 bridgehead atoms. The van der Waals surface area contributed by atoms with Crippen molar-refractivity contribution in [2.75, 3.05) is 11.9 Å². The van der Waals surface area contributed by atoms with Gasteiger partial charge in [-0.15, -0.1) is 0 Å². The highest BCUT2D eigenvalue weighted by Crippen LogP contribution is 2.13. The first-order valence-corrected chi connectivity index (χ1v) is 5.88. The lowest BCUT2D eigenvalue weighted by Gasteiger charge is -2.06. The number of ether oxygens (including phenoxy) is 1. The van der Waals surface area contributed by atoms with Crippen molar-refractivity contribution in [2.24, 2.45) is 0 Å². The largest absolute Gasteiger partial charge is 0.501 e. The van der Waals surface area contributed by atoms with Gasteiger partial charge in [0.1, 0.15) is 19.5 Å². The second-order valence-corrected chi connectivity index (χ2v) is 3.10. The zero-order chi connectivity index (χ0) is 14.8. The highest BCUT2D eigenvalue weighted by atomic mass is 19.1. The molecule has 3 nitrogen and oxygen atoms in total. The highest BCUT2D eigenvalue weighted by molar-refractivity contribution is 6.32. The molecule has 0 aliphatic heterocycles. The average molecular weight is 269 g/mol. The molecule has 0 spiro atoms. The number of benzene rings is 1. The Balaban J connectivity index is 0. The van der Waals surface area contributed by atoms with E-state index in [1.54, 1.807) is 6.92 Å². The van der Waals surface area contributed by atoms with Crippen LogP contribution in [-0.4, -0.2) is 20.4 Å². The van der Waals surface area contributed by atoms with Crippen molar-refractivity contribution in [3.63, 3.8) is 0 Å². The topological polar surface area (TPSA) is 38.3 Å². The molecule has 19 heavy (non-hydrogen) atoms. The second-order valence-electron chi connectivity index (χ2n) is 3.10. The summed E-state index contributed by atoms with van der Waals surface area (Å²) in [6.07, 6.45) is 2.22.